The normalized spacial score (nSPS) is 25.6. The molecule has 0 spiro atoms. The van der Waals surface area contributed by atoms with Gasteiger partial charge in [-0.3, -0.25) is 4.79 Å². The van der Waals surface area contributed by atoms with Crippen LogP contribution in [0, 0.1) is 5.92 Å². The molecule has 74 valence electrons. The number of carbonyl (C=O) groups is 1. The maximum Gasteiger partial charge on any atom is 0.189 e. The van der Waals surface area contributed by atoms with Crippen LogP contribution in [0.1, 0.15) is 16.9 Å². The Morgan fingerprint density at radius 3 is 2.93 bits per heavy atom. The molecule has 2 unspecified atom stereocenters. The van der Waals surface area contributed by atoms with E-state index in [0.29, 0.717) is 12.1 Å². The summed E-state index contributed by atoms with van der Waals surface area (Å²) in [5.74, 6) is -0.0658. The fourth-order valence-corrected chi connectivity index (χ4v) is 1.62. The van der Waals surface area contributed by atoms with Crippen LogP contribution >= 0.6 is 0 Å². The van der Waals surface area contributed by atoms with Gasteiger partial charge >= 0.3 is 0 Å². The number of hydrogen-bond acceptors (Lipinski definition) is 4. The van der Waals surface area contributed by atoms with Crippen LogP contribution in [-0.4, -0.2) is 26.8 Å². The van der Waals surface area contributed by atoms with Gasteiger partial charge in [-0.1, -0.05) is 17.4 Å². The third-order valence-electron chi connectivity index (χ3n) is 2.42. The van der Waals surface area contributed by atoms with Crippen LogP contribution in [0.2, 0.25) is 0 Å². The summed E-state index contributed by atoms with van der Waals surface area (Å²) in [5, 5.41) is 7.39. The Morgan fingerprint density at radius 2 is 2.43 bits per heavy atom. The molecule has 2 rings (SSSR count). The van der Waals surface area contributed by atoms with Crippen molar-refractivity contribution in [3.63, 3.8) is 0 Å². The van der Waals surface area contributed by atoms with Gasteiger partial charge in [0.2, 0.25) is 0 Å². The largest absolute Gasteiger partial charge is 0.324 e. The molecule has 0 radical (unpaired) electrons. The van der Waals surface area contributed by atoms with Crippen molar-refractivity contribution >= 4 is 5.78 Å². The third-order valence-corrected chi connectivity index (χ3v) is 2.42. The molecule has 2 atom stereocenters. The highest BCUT2D eigenvalue weighted by atomic mass is 16.1. The summed E-state index contributed by atoms with van der Waals surface area (Å²) in [6, 6.07) is 0.00476. The summed E-state index contributed by atoms with van der Waals surface area (Å²) in [4.78, 5) is 11.9. The quantitative estimate of drug-likeness (QED) is 0.524. The Labute approximate surface area is 81.6 Å². The highest BCUT2D eigenvalue weighted by molar-refractivity contribution is 5.97. The lowest BCUT2D eigenvalue weighted by atomic mass is 10.0. The van der Waals surface area contributed by atoms with E-state index >= 15 is 0 Å². The van der Waals surface area contributed by atoms with Crippen LogP contribution in [0.15, 0.2) is 18.3 Å². The zero-order valence-corrected chi connectivity index (χ0v) is 7.92. The van der Waals surface area contributed by atoms with Gasteiger partial charge in [0.25, 0.3) is 0 Å². The van der Waals surface area contributed by atoms with Gasteiger partial charge in [-0.25, -0.2) is 4.68 Å². The Morgan fingerprint density at radius 1 is 1.64 bits per heavy atom. The zero-order chi connectivity index (χ0) is 10.1. The fraction of sp³-hybridized carbons (Fsp3) is 0.444. The molecule has 1 aliphatic carbocycles. The number of allylic oxidation sites excluding steroid dienone is 1. The lowest BCUT2D eigenvalue weighted by Crippen LogP contribution is -2.20. The van der Waals surface area contributed by atoms with Gasteiger partial charge in [0.15, 0.2) is 5.78 Å². The van der Waals surface area contributed by atoms with Crippen molar-refractivity contribution < 1.29 is 4.79 Å². The Balaban J connectivity index is 2.18. The monoisotopic (exact) mass is 192 g/mol. The molecular weight excluding hydrogens is 180 g/mol. The first-order chi connectivity index (χ1) is 6.68. The highest BCUT2D eigenvalue weighted by Gasteiger charge is 2.25. The number of Topliss-reactive ketones (excluding diaryl/α,β-unsaturated/α-hetero) is 1. The molecule has 1 aromatic rings. The average Bonchev–Trinajstić information content (AvgIpc) is 2.73. The number of rotatable bonds is 2. The summed E-state index contributed by atoms with van der Waals surface area (Å²) in [6.45, 7) is 0. The number of hydrogen-bond donors (Lipinski definition) is 1. The van der Waals surface area contributed by atoms with Gasteiger partial charge < -0.3 is 5.73 Å². The third kappa shape index (κ3) is 1.46. The smallest absolute Gasteiger partial charge is 0.189 e. The van der Waals surface area contributed by atoms with E-state index in [1.165, 1.54) is 10.9 Å². The summed E-state index contributed by atoms with van der Waals surface area (Å²) < 4.78 is 1.49. The van der Waals surface area contributed by atoms with E-state index in [0.717, 1.165) is 0 Å². The minimum absolute atomic E-state index is 0.00476. The van der Waals surface area contributed by atoms with Crippen molar-refractivity contribution in [3.05, 3.63) is 24.0 Å². The lowest BCUT2D eigenvalue weighted by Gasteiger charge is -2.07. The van der Waals surface area contributed by atoms with E-state index in [4.69, 9.17) is 5.73 Å². The van der Waals surface area contributed by atoms with Crippen LogP contribution < -0.4 is 5.73 Å². The van der Waals surface area contributed by atoms with E-state index in [1.54, 1.807) is 7.05 Å². The van der Waals surface area contributed by atoms with Crippen molar-refractivity contribution in [3.8, 4) is 0 Å². The van der Waals surface area contributed by atoms with Gasteiger partial charge in [-0.05, 0) is 6.42 Å². The standard InChI is InChI=1S/C9H12N4O/c1-13-8(5-11-12-13)9(14)6-2-3-7(10)4-6/h2-3,5-7H,4,10H2,1H3. The van der Waals surface area contributed by atoms with E-state index < -0.39 is 0 Å². The molecule has 14 heavy (non-hydrogen) atoms. The van der Waals surface area contributed by atoms with Gasteiger partial charge in [-0.15, -0.1) is 5.10 Å². The Hall–Kier alpha value is -1.49. The molecule has 2 N–H and O–H groups in total. The van der Waals surface area contributed by atoms with E-state index in [2.05, 4.69) is 10.3 Å². The molecule has 1 aliphatic rings. The van der Waals surface area contributed by atoms with Gasteiger partial charge in [-0.2, -0.15) is 0 Å². The predicted octanol–water partition coefficient (Wildman–Crippen LogP) is -0.0988. The minimum atomic E-state index is -0.109. The molecule has 0 saturated carbocycles. The van der Waals surface area contributed by atoms with Gasteiger partial charge in [0.05, 0.1) is 6.20 Å². The first kappa shape index (κ1) is 9.08. The molecule has 0 saturated heterocycles. The lowest BCUT2D eigenvalue weighted by molar-refractivity contribution is 0.0933. The first-order valence-corrected chi connectivity index (χ1v) is 4.51. The second kappa shape index (κ2) is 3.34. The maximum absolute atomic E-state index is 11.9. The average molecular weight is 192 g/mol. The minimum Gasteiger partial charge on any atom is -0.324 e. The topological polar surface area (TPSA) is 73.8 Å². The maximum atomic E-state index is 11.9. The molecule has 0 fully saturated rings. The molecular formula is C9H12N4O. The predicted molar refractivity (Wildman–Crippen MR) is 50.6 cm³/mol. The van der Waals surface area contributed by atoms with Gasteiger partial charge in [0.1, 0.15) is 5.69 Å². The molecule has 5 nitrogen and oxygen atoms in total. The number of aromatic nitrogens is 3. The van der Waals surface area contributed by atoms with Gasteiger partial charge in [0, 0.05) is 19.0 Å². The van der Waals surface area contributed by atoms with Crippen LogP contribution in [0.3, 0.4) is 0 Å². The summed E-state index contributed by atoms with van der Waals surface area (Å²) in [7, 11) is 1.71. The number of carbonyl (C=O) groups excluding carboxylic acids is 1. The summed E-state index contributed by atoms with van der Waals surface area (Å²) in [5.41, 5.74) is 6.21. The Kier molecular flexibility index (Phi) is 2.17. The highest BCUT2D eigenvalue weighted by Crippen LogP contribution is 2.20. The van der Waals surface area contributed by atoms with Crippen LogP contribution in [0.5, 0.6) is 0 Å². The number of nitrogens with two attached hydrogens (primary N) is 1. The molecule has 0 bridgehead atoms. The van der Waals surface area contributed by atoms with Crippen LogP contribution in [0.25, 0.3) is 0 Å². The van der Waals surface area contributed by atoms with Crippen LogP contribution in [-0.2, 0) is 7.05 Å². The Bertz CT molecular complexity index is 382. The molecule has 1 aromatic heterocycles. The van der Waals surface area contributed by atoms with E-state index in [-0.39, 0.29) is 17.7 Å². The summed E-state index contributed by atoms with van der Waals surface area (Å²) >= 11 is 0. The van der Waals surface area contributed by atoms with Crippen molar-refractivity contribution in [2.45, 2.75) is 12.5 Å². The van der Waals surface area contributed by atoms with Crippen molar-refractivity contribution in [1.29, 1.82) is 0 Å². The SMILES string of the molecule is Cn1nncc1C(=O)C1C=CC(N)C1. The fourth-order valence-electron chi connectivity index (χ4n) is 1.62. The number of ketones is 1. The second-order valence-electron chi connectivity index (χ2n) is 3.50. The molecule has 0 aromatic carbocycles. The molecule has 1 heterocycles. The van der Waals surface area contributed by atoms with E-state index in [9.17, 15) is 4.79 Å². The second-order valence-corrected chi connectivity index (χ2v) is 3.50. The number of aryl methyl sites for hydroxylation is 1. The van der Waals surface area contributed by atoms with Crippen molar-refractivity contribution in [1.82, 2.24) is 15.0 Å². The molecule has 5 heteroatoms. The van der Waals surface area contributed by atoms with Crippen LogP contribution in [0.4, 0.5) is 0 Å². The van der Waals surface area contributed by atoms with Crippen molar-refractivity contribution in [2.24, 2.45) is 18.7 Å². The number of nitrogens with zero attached hydrogens (tertiary/aromatic N) is 3. The zero-order valence-electron chi connectivity index (χ0n) is 7.92. The first-order valence-electron chi connectivity index (χ1n) is 4.51. The summed E-state index contributed by atoms with van der Waals surface area (Å²) in [6.07, 6.45) is 5.90. The van der Waals surface area contributed by atoms with Crippen molar-refractivity contribution in [2.75, 3.05) is 0 Å². The van der Waals surface area contributed by atoms with E-state index in [1.807, 2.05) is 12.2 Å². The molecule has 0 amide bonds. The molecule has 0 aliphatic heterocycles.